The molecule has 0 atom stereocenters. The summed E-state index contributed by atoms with van der Waals surface area (Å²) in [6.45, 7) is 4.09. The summed E-state index contributed by atoms with van der Waals surface area (Å²) in [5, 5.41) is 11.7. The first-order valence-electron chi connectivity index (χ1n) is 5.36. The molecular formula is C12H11N3OS2. The molecule has 2 rings (SSSR count). The normalized spacial score (nSPS) is 10.4. The van der Waals surface area contributed by atoms with E-state index in [-0.39, 0.29) is 5.56 Å². The Balaban J connectivity index is 2.48. The topological polar surface area (TPSA) is 58.7 Å². The van der Waals surface area contributed by atoms with Crippen LogP contribution in [0.2, 0.25) is 0 Å². The molecular weight excluding hydrogens is 266 g/mol. The third kappa shape index (κ3) is 2.47. The number of aromatic nitrogens is 2. The van der Waals surface area contributed by atoms with Crippen molar-refractivity contribution in [2.24, 2.45) is 0 Å². The summed E-state index contributed by atoms with van der Waals surface area (Å²) in [5.74, 6) is 0.636. The summed E-state index contributed by atoms with van der Waals surface area (Å²) in [6.07, 6.45) is 2.12. The lowest BCUT2D eigenvalue weighted by atomic mass is 10.4. The summed E-state index contributed by atoms with van der Waals surface area (Å²) in [6, 6.07) is 3.87. The lowest BCUT2D eigenvalue weighted by Gasteiger charge is -2.08. The highest BCUT2D eigenvalue weighted by atomic mass is 32.2. The molecule has 18 heavy (non-hydrogen) atoms. The van der Waals surface area contributed by atoms with Crippen molar-refractivity contribution in [3.63, 3.8) is 0 Å². The van der Waals surface area contributed by atoms with Gasteiger partial charge in [0.25, 0.3) is 5.56 Å². The van der Waals surface area contributed by atoms with Crippen LogP contribution in [0.5, 0.6) is 0 Å². The fourth-order valence-corrected chi connectivity index (χ4v) is 3.18. The van der Waals surface area contributed by atoms with Gasteiger partial charge in [-0.1, -0.05) is 17.8 Å². The molecule has 2 heterocycles. The SMILES string of the molecule is C=CCn1c(SCCC#N)nc2sccc2c1=O. The van der Waals surface area contributed by atoms with Crippen LogP contribution in [0.3, 0.4) is 0 Å². The Bertz CT molecular complexity index is 666. The van der Waals surface area contributed by atoms with E-state index in [1.54, 1.807) is 16.7 Å². The first kappa shape index (κ1) is 12.9. The maximum Gasteiger partial charge on any atom is 0.263 e. The summed E-state index contributed by atoms with van der Waals surface area (Å²) in [4.78, 5) is 17.5. The van der Waals surface area contributed by atoms with E-state index in [0.717, 1.165) is 4.83 Å². The minimum Gasteiger partial charge on any atom is -0.283 e. The molecule has 0 N–H and O–H groups in total. The van der Waals surface area contributed by atoms with E-state index in [0.29, 0.717) is 29.3 Å². The molecule has 0 aliphatic heterocycles. The second-order valence-electron chi connectivity index (χ2n) is 3.49. The van der Waals surface area contributed by atoms with E-state index in [9.17, 15) is 4.79 Å². The largest absolute Gasteiger partial charge is 0.283 e. The van der Waals surface area contributed by atoms with Crippen LogP contribution in [0.15, 0.2) is 34.1 Å². The molecule has 0 saturated carbocycles. The Labute approximate surface area is 113 Å². The van der Waals surface area contributed by atoms with Crippen molar-refractivity contribution in [2.45, 2.75) is 18.1 Å². The highest BCUT2D eigenvalue weighted by Crippen LogP contribution is 2.21. The number of nitrogens with zero attached hydrogens (tertiary/aromatic N) is 3. The highest BCUT2D eigenvalue weighted by molar-refractivity contribution is 7.99. The van der Waals surface area contributed by atoms with Gasteiger partial charge in [-0.25, -0.2) is 4.98 Å². The molecule has 0 bridgehead atoms. The molecule has 0 unspecified atom stereocenters. The summed E-state index contributed by atoms with van der Waals surface area (Å²) in [7, 11) is 0. The van der Waals surface area contributed by atoms with Crippen molar-refractivity contribution < 1.29 is 0 Å². The Kier molecular flexibility index (Phi) is 4.18. The molecule has 0 saturated heterocycles. The average Bonchev–Trinajstić information content (AvgIpc) is 2.82. The maximum atomic E-state index is 12.2. The first-order chi connectivity index (χ1) is 8.77. The van der Waals surface area contributed by atoms with Crippen molar-refractivity contribution in [1.29, 1.82) is 5.26 Å². The van der Waals surface area contributed by atoms with Gasteiger partial charge in [-0.15, -0.1) is 17.9 Å². The molecule has 0 spiro atoms. The first-order valence-corrected chi connectivity index (χ1v) is 7.23. The molecule has 0 fully saturated rings. The highest BCUT2D eigenvalue weighted by Gasteiger charge is 2.11. The van der Waals surface area contributed by atoms with Crippen molar-refractivity contribution >= 4 is 33.3 Å². The lowest BCUT2D eigenvalue weighted by Crippen LogP contribution is -2.22. The summed E-state index contributed by atoms with van der Waals surface area (Å²) >= 11 is 2.89. The van der Waals surface area contributed by atoms with Crippen LogP contribution in [0.1, 0.15) is 6.42 Å². The van der Waals surface area contributed by atoms with E-state index in [2.05, 4.69) is 17.6 Å². The van der Waals surface area contributed by atoms with Gasteiger partial charge in [0.15, 0.2) is 5.16 Å². The minimum absolute atomic E-state index is 0.0411. The predicted octanol–water partition coefficient (Wildman–Crippen LogP) is 2.65. The second kappa shape index (κ2) is 5.85. The molecule has 2 aromatic rings. The lowest BCUT2D eigenvalue weighted by molar-refractivity contribution is 0.673. The Morgan fingerprint density at radius 3 is 3.22 bits per heavy atom. The maximum absolute atomic E-state index is 12.2. The van der Waals surface area contributed by atoms with Crippen molar-refractivity contribution in [3.8, 4) is 6.07 Å². The van der Waals surface area contributed by atoms with E-state index < -0.39 is 0 Å². The van der Waals surface area contributed by atoms with Gasteiger partial charge in [0.05, 0.1) is 11.5 Å². The number of fused-ring (bicyclic) bond motifs is 1. The summed E-state index contributed by atoms with van der Waals surface area (Å²) < 4.78 is 1.60. The zero-order chi connectivity index (χ0) is 13.0. The number of thiophene rings is 1. The Morgan fingerprint density at radius 1 is 1.67 bits per heavy atom. The van der Waals surface area contributed by atoms with Gasteiger partial charge in [0.2, 0.25) is 0 Å². The van der Waals surface area contributed by atoms with Gasteiger partial charge in [0.1, 0.15) is 4.83 Å². The van der Waals surface area contributed by atoms with Crippen molar-refractivity contribution in [3.05, 3.63) is 34.5 Å². The monoisotopic (exact) mass is 277 g/mol. The number of allylic oxidation sites excluding steroid dienone is 1. The van der Waals surface area contributed by atoms with Crippen molar-refractivity contribution in [2.75, 3.05) is 5.75 Å². The Hall–Kier alpha value is -1.58. The smallest absolute Gasteiger partial charge is 0.263 e. The molecule has 0 aromatic carbocycles. The van der Waals surface area contributed by atoms with Gasteiger partial charge in [-0.05, 0) is 11.4 Å². The quantitative estimate of drug-likeness (QED) is 0.365. The van der Waals surface area contributed by atoms with Gasteiger partial charge < -0.3 is 0 Å². The number of rotatable bonds is 5. The number of hydrogen-bond acceptors (Lipinski definition) is 5. The van der Waals surface area contributed by atoms with Crippen LogP contribution in [-0.2, 0) is 6.54 Å². The minimum atomic E-state index is -0.0411. The van der Waals surface area contributed by atoms with Crippen LogP contribution in [0.25, 0.3) is 10.2 Å². The van der Waals surface area contributed by atoms with Crippen LogP contribution in [0, 0.1) is 11.3 Å². The van der Waals surface area contributed by atoms with E-state index in [1.807, 2.05) is 5.38 Å². The van der Waals surface area contributed by atoms with Gasteiger partial charge in [0, 0.05) is 18.7 Å². The molecule has 0 radical (unpaired) electrons. The van der Waals surface area contributed by atoms with Crippen LogP contribution >= 0.6 is 23.1 Å². The van der Waals surface area contributed by atoms with Gasteiger partial charge in [-0.2, -0.15) is 5.26 Å². The van der Waals surface area contributed by atoms with Crippen LogP contribution in [-0.4, -0.2) is 15.3 Å². The van der Waals surface area contributed by atoms with E-state index in [1.165, 1.54) is 23.1 Å². The van der Waals surface area contributed by atoms with Gasteiger partial charge in [-0.3, -0.25) is 9.36 Å². The van der Waals surface area contributed by atoms with E-state index in [4.69, 9.17) is 5.26 Å². The predicted molar refractivity (Wildman–Crippen MR) is 75.0 cm³/mol. The van der Waals surface area contributed by atoms with Crippen LogP contribution in [0.4, 0.5) is 0 Å². The average molecular weight is 277 g/mol. The fraction of sp³-hybridized carbons (Fsp3) is 0.250. The molecule has 4 nitrogen and oxygen atoms in total. The summed E-state index contributed by atoms with van der Waals surface area (Å²) in [5.41, 5.74) is -0.0411. The van der Waals surface area contributed by atoms with Gasteiger partial charge >= 0.3 is 0 Å². The zero-order valence-corrected chi connectivity index (χ0v) is 11.3. The third-order valence-corrected chi connectivity index (χ3v) is 4.09. The van der Waals surface area contributed by atoms with E-state index >= 15 is 0 Å². The second-order valence-corrected chi connectivity index (χ2v) is 5.45. The molecule has 6 heteroatoms. The van der Waals surface area contributed by atoms with Crippen LogP contribution < -0.4 is 5.56 Å². The molecule has 92 valence electrons. The van der Waals surface area contributed by atoms with Crippen molar-refractivity contribution in [1.82, 2.24) is 9.55 Å². The number of hydrogen-bond donors (Lipinski definition) is 0. The third-order valence-electron chi connectivity index (χ3n) is 2.31. The fourth-order valence-electron chi connectivity index (χ4n) is 1.52. The Morgan fingerprint density at radius 2 is 2.50 bits per heavy atom. The molecule has 0 amide bonds. The number of thioether (sulfide) groups is 1. The standard InChI is InChI=1S/C12H11N3OS2/c1-2-6-15-11(16)9-4-8-17-10(9)14-12(15)18-7-3-5-13/h2,4,8H,1,3,6-7H2. The number of nitriles is 1. The molecule has 0 aliphatic carbocycles. The molecule has 2 aromatic heterocycles. The molecule has 0 aliphatic rings. The zero-order valence-electron chi connectivity index (χ0n) is 9.63.